The summed E-state index contributed by atoms with van der Waals surface area (Å²) in [6, 6.07) is 10.2. The molecule has 0 saturated carbocycles. The molecule has 0 spiro atoms. The number of thiazole rings is 1. The Kier molecular flexibility index (Phi) is 6.00. The number of benzene rings is 1. The van der Waals surface area contributed by atoms with Gasteiger partial charge in [0.15, 0.2) is 5.13 Å². The second kappa shape index (κ2) is 8.42. The van der Waals surface area contributed by atoms with Gasteiger partial charge in [-0.05, 0) is 26.1 Å². The summed E-state index contributed by atoms with van der Waals surface area (Å²) >= 11 is 1.42. The molecule has 1 aliphatic heterocycles. The molecule has 7 heteroatoms. The summed E-state index contributed by atoms with van der Waals surface area (Å²) in [5.74, 6) is 0.0596. The lowest BCUT2D eigenvalue weighted by atomic mass is 10.1. The van der Waals surface area contributed by atoms with Crippen molar-refractivity contribution in [2.75, 3.05) is 32.1 Å². The minimum absolute atomic E-state index is 0.0580. The minimum Gasteiger partial charge on any atom is -0.354 e. The molecular weight excluding hydrogens is 348 g/mol. The average Bonchev–Trinajstić information content (AvgIpc) is 3.24. The Bertz CT molecular complexity index is 760. The van der Waals surface area contributed by atoms with Crippen LogP contribution in [0.4, 0.5) is 5.13 Å². The van der Waals surface area contributed by atoms with Crippen molar-refractivity contribution >= 4 is 28.3 Å². The second-order valence-electron chi connectivity index (χ2n) is 6.64. The number of carbonyl (C=O) groups excluding carboxylic acids is 2. The highest BCUT2D eigenvalue weighted by Crippen LogP contribution is 2.25. The maximum absolute atomic E-state index is 12.3. The zero-order chi connectivity index (χ0) is 18.5. The maximum atomic E-state index is 12.3. The van der Waals surface area contributed by atoms with E-state index in [1.165, 1.54) is 16.9 Å². The largest absolute Gasteiger partial charge is 0.354 e. The predicted octanol–water partition coefficient (Wildman–Crippen LogP) is 2.23. The fourth-order valence-electron chi connectivity index (χ4n) is 3.06. The Balaban J connectivity index is 1.55. The molecule has 26 heavy (non-hydrogen) atoms. The molecule has 1 atom stereocenters. The van der Waals surface area contributed by atoms with Gasteiger partial charge in [-0.3, -0.25) is 14.5 Å². The van der Waals surface area contributed by atoms with Gasteiger partial charge in [0.2, 0.25) is 11.8 Å². The minimum atomic E-state index is -0.0580. The summed E-state index contributed by atoms with van der Waals surface area (Å²) in [4.78, 5) is 32.4. The van der Waals surface area contributed by atoms with Crippen LogP contribution in [-0.2, 0) is 16.0 Å². The Morgan fingerprint density at radius 3 is 2.77 bits per heavy atom. The molecule has 1 N–H and O–H groups in total. The second-order valence-corrected chi connectivity index (χ2v) is 7.48. The molecule has 2 aromatic rings. The molecule has 2 heterocycles. The van der Waals surface area contributed by atoms with Crippen LogP contribution in [-0.4, -0.2) is 48.9 Å². The van der Waals surface area contributed by atoms with E-state index in [0.717, 1.165) is 13.0 Å². The van der Waals surface area contributed by atoms with Crippen LogP contribution < -0.4 is 10.2 Å². The van der Waals surface area contributed by atoms with Crippen molar-refractivity contribution in [3.8, 4) is 0 Å². The SMILES string of the molecule is CN(C)C(CNC(=O)Cc1csc(N2CCCC2=O)n1)c1ccccc1. The van der Waals surface area contributed by atoms with Crippen molar-refractivity contribution in [1.29, 1.82) is 0 Å². The van der Waals surface area contributed by atoms with Crippen molar-refractivity contribution in [1.82, 2.24) is 15.2 Å². The lowest BCUT2D eigenvalue weighted by molar-refractivity contribution is -0.120. The standard InChI is InChI=1S/C19H24N4O2S/c1-22(2)16(14-7-4-3-5-8-14)12-20-17(24)11-15-13-26-19(21-15)23-10-6-9-18(23)25/h3-5,7-8,13,16H,6,9-12H2,1-2H3,(H,20,24). The molecule has 1 aromatic carbocycles. The van der Waals surface area contributed by atoms with Crippen molar-refractivity contribution in [3.05, 3.63) is 47.0 Å². The van der Waals surface area contributed by atoms with Crippen LogP contribution in [0.2, 0.25) is 0 Å². The molecule has 1 unspecified atom stereocenters. The summed E-state index contributed by atoms with van der Waals surface area (Å²) in [5, 5.41) is 5.56. The monoisotopic (exact) mass is 372 g/mol. The van der Waals surface area contributed by atoms with Crippen LogP contribution in [0.3, 0.4) is 0 Å². The fourth-order valence-corrected chi connectivity index (χ4v) is 3.93. The van der Waals surface area contributed by atoms with E-state index in [0.29, 0.717) is 23.8 Å². The van der Waals surface area contributed by atoms with Gasteiger partial charge in [0.1, 0.15) is 0 Å². The van der Waals surface area contributed by atoms with Gasteiger partial charge < -0.3 is 10.2 Å². The topological polar surface area (TPSA) is 65.5 Å². The van der Waals surface area contributed by atoms with E-state index < -0.39 is 0 Å². The molecule has 0 aliphatic carbocycles. The molecule has 1 aliphatic rings. The molecule has 0 bridgehead atoms. The molecule has 6 nitrogen and oxygen atoms in total. The third kappa shape index (κ3) is 4.47. The van der Waals surface area contributed by atoms with E-state index in [1.807, 2.05) is 37.7 Å². The average molecular weight is 372 g/mol. The van der Waals surface area contributed by atoms with E-state index in [-0.39, 0.29) is 24.3 Å². The van der Waals surface area contributed by atoms with Gasteiger partial charge in [0.05, 0.1) is 18.2 Å². The van der Waals surface area contributed by atoms with Crippen LogP contribution in [0.5, 0.6) is 0 Å². The number of nitrogens with one attached hydrogen (secondary N) is 1. The molecule has 3 rings (SSSR count). The van der Waals surface area contributed by atoms with Crippen molar-refractivity contribution < 1.29 is 9.59 Å². The van der Waals surface area contributed by atoms with Crippen molar-refractivity contribution in [2.24, 2.45) is 0 Å². The van der Waals surface area contributed by atoms with Gasteiger partial charge in [-0.2, -0.15) is 0 Å². The number of nitrogens with zero attached hydrogens (tertiary/aromatic N) is 3. The molecule has 2 amide bonds. The lowest BCUT2D eigenvalue weighted by Crippen LogP contribution is -2.35. The Morgan fingerprint density at radius 2 is 2.12 bits per heavy atom. The maximum Gasteiger partial charge on any atom is 0.228 e. The third-order valence-electron chi connectivity index (χ3n) is 4.49. The highest BCUT2D eigenvalue weighted by Gasteiger charge is 2.24. The highest BCUT2D eigenvalue weighted by atomic mass is 32.1. The number of aromatic nitrogens is 1. The van der Waals surface area contributed by atoms with Crippen LogP contribution in [0.25, 0.3) is 0 Å². The fraction of sp³-hybridized carbons (Fsp3) is 0.421. The van der Waals surface area contributed by atoms with Gasteiger partial charge in [-0.25, -0.2) is 4.98 Å². The van der Waals surface area contributed by atoms with Crippen molar-refractivity contribution in [2.45, 2.75) is 25.3 Å². The summed E-state index contributed by atoms with van der Waals surface area (Å²) in [6.07, 6.45) is 1.69. The Hall–Kier alpha value is -2.25. The van der Waals surface area contributed by atoms with Gasteiger partial charge in [-0.1, -0.05) is 30.3 Å². The first-order valence-electron chi connectivity index (χ1n) is 8.77. The molecule has 1 fully saturated rings. The zero-order valence-corrected chi connectivity index (χ0v) is 16.0. The van der Waals surface area contributed by atoms with Crippen LogP contribution in [0.15, 0.2) is 35.7 Å². The van der Waals surface area contributed by atoms with Gasteiger partial charge in [-0.15, -0.1) is 11.3 Å². The normalized spacial score (nSPS) is 15.5. The predicted molar refractivity (Wildman–Crippen MR) is 103 cm³/mol. The van der Waals surface area contributed by atoms with E-state index >= 15 is 0 Å². The van der Waals surface area contributed by atoms with Crippen LogP contribution in [0, 0.1) is 0 Å². The van der Waals surface area contributed by atoms with Crippen LogP contribution >= 0.6 is 11.3 Å². The summed E-state index contributed by atoms with van der Waals surface area (Å²) < 4.78 is 0. The molecule has 1 aromatic heterocycles. The number of carbonyl (C=O) groups is 2. The number of amides is 2. The smallest absolute Gasteiger partial charge is 0.228 e. The number of hydrogen-bond donors (Lipinski definition) is 1. The number of likely N-dealkylation sites (N-methyl/N-ethyl adjacent to an activating group) is 1. The third-order valence-corrected chi connectivity index (χ3v) is 5.40. The van der Waals surface area contributed by atoms with Crippen LogP contribution in [0.1, 0.15) is 30.1 Å². The van der Waals surface area contributed by atoms with Crippen molar-refractivity contribution in [3.63, 3.8) is 0 Å². The number of hydrogen-bond acceptors (Lipinski definition) is 5. The first-order valence-corrected chi connectivity index (χ1v) is 9.65. The molecular formula is C19H24N4O2S. The first kappa shape index (κ1) is 18.5. The highest BCUT2D eigenvalue weighted by molar-refractivity contribution is 7.14. The molecule has 138 valence electrons. The van der Waals surface area contributed by atoms with E-state index in [4.69, 9.17) is 0 Å². The Morgan fingerprint density at radius 1 is 1.35 bits per heavy atom. The quantitative estimate of drug-likeness (QED) is 0.809. The molecule has 0 radical (unpaired) electrons. The van der Waals surface area contributed by atoms with E-state index in [1.54, 1.807) is 4.90 Å². The van der Waals surface area contributed by atoms with E-state index in [9.17, 15) is 9.59 Å². The van der Waals surface area contributed by atoms with E-state index in [2.05, 4.69) is 27.3 Å². The Labute approximate surface area is 157 Å². The first-order chi connectivity index (χ1) is 12.5. The molecule has 1 saturated heterocycles. The van der Waals surface area contributed by atoms with Gasteiger partial charge in [0, 0.05) is 24.9 Å². The summed E-state index contributed by atoms with van der Waals surface area (Å²) in [5.41, 5.74) is 1.88. The van der Waals surface area contributed by atoms with Gasteiger partial charge in [0.25, 0.3) is 0 Å². The zero-order valence-electron chi connectivity index (χ0n) is 15.1. The summed E-state index contributed by atoms with van der Waals surface area (Å²) in [7, 11) is 4.01. The van der Waals surface area contributed by atoms with Gasteiger partial charge >= 0.3 is 0 Å². The summed E-state index contributed by atoms with van der Waals surface area (Å²) in [6.45, 7) is 1.26. The number of rotatable bonds is 7. The lowest BCUT2D eigenvalue weighted by Gasteiger charge is -2.25. The number of anilines is 1.